The Morgan fingerprint density at radius 1 is 1.42 bits per heavy atom. The van der Waals surface area contributed by atoms with Crippen LogP contribution in [-0.2, 0) is 11.2 Å². The van der Waals surface area contributed by atoms with Gasteiger partial charge in [-0.05, 0) is 41.7 Å². The zero-order valence-electron chi connectivity index (χ0n) is 13.1. The monoisotopic (exact) mass is 342 g/mol. The summed E-state index contributed by atoms with van der Waals surface area (Å²) in [7, 11) is 0. The number of H-pyrrole nitrogens is 1. The van der Waals surface area contributed by atoms with E-state index in [0.717, 1.165) is 37.1 Å². The molecular formula is C17H18N4O2S. The van der Waals surface area contributed by atoms with Crippen LogP contribution in [-0.4, -0.2) is 31.7 Å². The Hall–Kier alpha value is -2.41. The van der Waals surface area contributed by atoms with Gasteiger partial charge in [0.2, 0.25) is 11.7 Å². The van der Waals surface area contributed by atoms with E-state index in [4.69, 9.17) is 0 Å². The van der Waals surface area contributed by atoms with Crippen molar-refractivity contribution < 1.29 is 4.79 Å². The number of thiophene rings is 1. The zero-order chi connectivity index (χ0) is 16.5. The van der Waals surface area contributed by atoms with Crippen LogP contribution in [0.15, 0.2) is 40.1 Å². The van der Waals surface area contributed by atoms with Crippen molar-refractivity contribution in [3.8, 4) is 0 Å². The number of carbonyl (C=O) groups excluding carboxylic acids is 1. The van der Waals surface area contributed by atoms with Crippen molar-refractivity contribution in [1.82, 2.24) is 19.3 Å². The van der Waals surface area contributed by atoms with Crippen molar-refractivity contribution >= 4 is 23.0 Å². The minimum Gasteiger partial charge on any atom is -0.334 e. The average molecular weight is 342 g/mol. The Labute approximate surface area is 142 Å². The maximum atomic E-state index is 12.8. The van der Waals surface area contributed by atoms with Crippen LogP contribution in [0, 0.1) is 0 Å². The molecule has 3 aromatic heterocycles. The number of aromatic nitrogens is 3. The maximum absolute atomic E-state index is 12.8. The molecule has 1 aliphatic rings. The highest BCUT2D eigenvalue weighted by Gasteiger charge is 2.29. The highest BCUT2D eigenvalue weighted by molar-refractivity contribution is 7.08. The molecule has 0 aromatic carbocycles. The van der Waals surface area contributed by atoms with Gasteiger partial charge in [0, 0.05) is 30.7 Å². The van der Waals surface area contributed by atoms with E-state index in [1.165, 1.54) is 4.40 Å². The fraction of sp³-hybridized carbons (Fsp3) is 0.353. The van der Waals surface area contributed by atoms with Crippen molar-refractivity contribution in [2.75, 3.05) is 6.54 Å². The number of nitrogens with one attached hydrogen (secondary N) is 1. The van der Waals surface area contributed by atoms with Crippen LogP contribution in [0.1, 0.15) is 36.6 Å². The number of amides is 1. The molecule has 0 saturated carbocycles. The zero-order valence-corrected chi connectivity index (χ0v) is 14.0. The molecule has 4 rings (SSSR count). The van der Waals surface area contributed by atoms with Crippen LogP contribution in [0.3, 0.4) is 0 Å². The van der Waals surface area contributed by atoms with E-state index < -0.39 is 0 Å². The molecule has 3 aromatic rings. The quantitative estimate of drug-likeness (QED) is 0.794. The van der Waals surface area contributed by atoms with E-state index in [1.807, 2.05) is 21.7 Å². The van der Waals surface area contributed by atoms with Crippen LogP contribution in [0.5, 0.6) is 0 Å². The first kappa shape index (κ1) is 15.1. The molecule has 0 bridgehead atoms. The highest BCUT2D eigenvalue weighted by atomic mass is 32.1. The summed E-state index contributed by atoms with van der Waals surface area (Å²) in [5.41, 5.74) is 1.70. The molecule has 6 nitrogen and oxygen atoms in total. The number of hydrogen-bond acceptors (Lipinski definition) is 4. The first-order valence-corrected chi connectivity index (χ1v) is 9.03. The van der Waals surface area contributed by atoms with E-state index in [-0.39, 0.29) is 17.5 Å². The largest absolute Gasteiger partial charge is 0.334 e. The Morgan fingerprint density at radius 2 is 2.33 bits per heavy atom. The van der Waals surface area contributed by atoms with Crippen molar-refractivity contribution in [2.45, 2.75) is 31.7 Å². The third-order valence-electron chi connectivity index (χ3n) is 4.53. The fourth-order valence-corrected chi connectivity index (χ4v) is 4.01. The summed E-state index contributed by atoms with van der Waals surface area (Å²) in [4.78, 5) is 34.3. The van der Waals surface area contributed by atoms with Gasteiger partial charge in [0.05, 0.1) is 12.5 Å². The molecule has 1 N–H and O–H groups in total. The van der Waals surface area contributed by atoms with Crippen LogP contribution < -0.4 is 5.56 Å². The summed E-state index contributed by atoms with van der Waals surface area (Å²) in [5, 5.41) is 4.00. The van der Waals surface area contributed by atoms with Crippen LogP contribution >= 0.6 is 11.3 Å². The highest BCUT2D eigenvalue weighted by Crippen LogP contribution is 2.30. The lowest BCUT2D eigenvalue weighted by Gasteiger charge is -2.35. The number of nitrogens with zero attached hydrogens (tertiary/aromatic N) is 3. The Balaban J connectivity index is 1.65. The predicted molar refractivity (Wildman–Crippen MR) is 92.1 cm³/mol. The topological polar surface area (TPSA) is 70.5 Å². The number of aromatic amines is 1. The van der Waals surface area contributed by atoms with Gasteiger partial charge in [-0.15, -0.1) is 0 Å². The van der Waals surface area contributed by atoms with Gasteiger partial charge in [-0.3, -0.25) is 14.0 Å². The van der Waals surface area contributed by atoms with Crippen LogP contribution in [0.4, 0.5) is 0 Å². The molecular weight excluding hydrogens is 324 g/mol. The molecule has 24 heavy (non-hydrogen) atoms. The summed E-state index contributed by atoms with van der Waals surface area (Å²) in [6.07, 6.45) is 6.56. The normalized spacial score (nSPS) is 18.2. The molecule has 1 atom stereocenters. The minimum absolute atomic E-state index is 0.0840. The van der Waals surface area contributed by atoms with Crippen LogP contribution in [0.25, 0.3) is 5.78 Å². The van der Waals surface area contributed by atoms with Gasteiger partial charge in [-0.25, -0.2) is 4.98 Å². The average Bonchev–Trinajstić information content (AvgIpc) is 3.26. The Kier molecular flexibility index (Phi) is 3.93. The van der Waals surface area contributed by atoms with Crippen molar-refractivity contribution in [3.05, 3.63) is 56.9 Å². The van der Waals surface area contributed by atoms with Gasteiger partial charge in [0.1, 0.15) is 0 Å². The number of fused-ring (bicyclic) bond motifs is 1. The predicted octanol–water partition coefficient (Wildman–Crippen LogP) is 2.38. The molecule has 1 saturated heterocycles. The Bertz CT molecular complexity index is 912. The van der Waals surface area contributed by atoms with E-state index in [2.05, 4.69) is 9.97 Å². The number of hydrogen-bond donors (Lipinski definition) is 1. The molecule has 4 heterocycles. The molecule has 0 aliphatic carbocycles. The van der Waals surface area contributed by atoms with Crippen LogP contribution in [0.2, 0.25) is 0 Å². The van der Waals surface area contributed by atoms with E-state index >= 15 is 0 Å². The van der Waals surface area contributed by atoms with E-state index in [1.54, 1.807) is 29.8 Å². The smallest absolute Gasteiger partial charge is 0.259 e. The molecule has 1 unspecified atom stereocenters. The van der Waals surface area contributed by atoms with E-state index in [0.29, 0.717) is 12.2 Å². The van der Waals surface area contributed by atoms with Crippen molar-refractivity contribution in [2.24, 2.45) is 0 Å². The number of rotatable bonds is 3. The summed E-state index contributed by atoms with van der Waals surface area (Å²) in [6.45, 7) is 0.731. The molecule has 124 valence electrons. The van der Waals surface area contributed by atoms with Crippen molar-refractivity contribution in [1.29, 1.82) is 0 Å². The molecule has 1 amide bonds. The summed E-state index contributed by atoms with van der Waals surface area (Å²) >= 11 is 1.60. The van der Waals surface area contributed by atoms with Gasteiger partial charge in [0.25, 0.3) is 5.56 Å². The SMILES string of the molecule is O=C(Cc1ccsc1)N1CCCCC1c1cc(=O)n2ccnc2[nH]1. The van der Waals surface area contributed by atoms with Gasteiger partial charge in [-0.2, -0.15) is 11.3 Å². The van der Waals surface area contributed by atoms with Crippen molar-refractivity contribution in [3.63, 3.8) is 0 Å². The summed E-state index contributed by atoms with van der Waals surface area (Å²) < 4.78 is 1.48. The van der Waals surface area contributed by atoms with Gasteiger partial charge < -0.3 is 9.88 Å². The molecule has 0 radical (unpaired) electrons. The molecule has 1 fully saturated rings. The number of carbonyl (C=O) groups is 1. The third-order valence-corrected chi connectivity index (χ3v) is 5.26. The third kappa shape index (κ3) is 2.75. The Morgan fingerprint density at radius 3 is 3.17 bits per heavy atom. The van der Waals surface area contributed by atoms with Gasteiger partial charge >= 0.3 is 0 Å². The minimum atomic E-state index is -0.118. The second-order valence-corrected chi connectivity index (χ2v) is 6.87. The first-order chi connectivity index (χ1) is 11.7. The van der Waals surface area contributed by atoms with Gasteiger partial charge in [-0.1, -0.05) is 0 Å². The standard InChI is InChI=1S/C17H18N4O2S/c22-15(9-12-4-8-24-11-12)20-6-2-1-3-14(20)13-10-16(23)21-7-5-18-17(21)19-13/h4-5,7-8,10-11,14H,1-3,6,9H2,(H,18,19). The lowest BCUT2D eigenvalue weighted by atomic mass is 9.98. The number of likely N-dealkylation sites (tertiary alicyclic amines) is 1. The lowest BCUT2D eigenvalue weighted by molar-refractivity contribution is -0.134. The molecule has 0 spiro atoms. The lowest BCUT2D eigenvalue weighted by Crippen LogP contribution is -2.40. The fourth-order valence-electron chi connectivity index (χ4n) is 3.34. The second-order valence-electron chi connectivity index (χ2n) is 6.09. The summed E-state index contributed by atoms with van der Waals surface area (Å²) in [5.74, 6) is 0.635. The van der Waals surface area contributed by atoms with Gasteiger partial charge in [0.15, 0.2) is 0 Å². The van der Waals surface area contributed by atoms with E-state index in [9.17, 15) is 9.59 Å². The number of piperidine rings is 1. The summed E-state index contributed by atoms with van der Waals surface area (Å²) in [6, 6.07) is 3.49. The first-order valence-electron chi connectivity index (χ1n) is 8.09. The maximum Gasteiger partial charge on any atom is 0.259 e. The molecule has 7 heteroatoms. The number of imidazole rings is 1. The second kappa shape index (κ2) is 6.24. The molecule has 1 aliphatic heterocycles.